The van der Waals surface area contributed by atoms with E-state index in [0.717, 1.165) is 37.9 Å². The van der Waals surface area contributed by atoms with Gasteiger partial charge in [0, 0.05) is 13.2 Å². The van der Waals surface area contributed by atoms with Gasteiger partial charge in [0.05, 0.1) is 26.4 Å². The number of ether oxygens (including phenoxy) is 3. The summed E-state index contributed by atoms with van der Waals surface area (Å²) in [6, 6.07) is 0. The van der Waals surface area contributed by atoms with Crippen LogP contribution in [0.4, 0.5) is 0 Å². The fraction of sp³-hybridized carbons (Fsp3) is 1.00. The molecule has 0 rings (SSSR count). The molecule has 0 aliphatic rings. The lowest BCUT2D eigenvalue weighted by molar-refractivity contribution is 0.00949. The Morgan fingerprint density at radius 3 is 1.08 bits per heavy atom. The largest absolute Gasteiger partial charge is 0.379 e. The Kier molecular flexibility index (Phi) is 13.0. The van der Waals surface area contributed by atoms with Crippen molar-refractivity contribution < 1.29 is 14.2 Å². The monoisotopic (exact) mass is 358 g/mol. The van der Waals surface area contributed by atoms with Gasteiger partial charge in [0.15, 0.2) is 0 Å². The third kappa shape index (κ3) is 20.0. The fourth-order valence-corrected chi connectivity index (χ4v) is 3.41. The summed E-state index contributed by atoms with van der Waals surface area (Å²) < 4.78 is 16.9. The van der Waals surface area contributed by atoms with E-state index in [1.54, 1.807) is 0 Å². The van der Waals surface area contributed by atoms with Crippen LogP contribution in [-0.2, 0) is 14.2 Å². The molecule has 3 nitrogen and oxygen atoms in total. The molecule has 0 aromatic carbocycles. The average molecular weight is 359 g/mol. The first-order chi connectivity index (χ1) is 11.5. The molecule has 0 heterocycles. The van der Waals surface area contributed by atoms with Gasteiger partial charge in [-0.1, -0.05) is 55.4 Å². The van der Waals surface area contributed by atoms with Crippen molar-refractivity contribution >= 4 is 0 Å². The summed E-state index contributed by atoms with van der Waals surface area (Å²) in [4.78, 5) is 0. The minimum absolute atomic E-state index is 0.410. The van der Waals surface area contributed by atoms with Crippen molar-refractivity contribution in [1.82, 2.24) is 0 Å². The molecule has 0 saturated heterocycles. The molecule has 0 saturated carbocycles. The second-order valence-electron chi connectivity index (χ2n) is 10.2. The molecule has 3 heteroatoms. The van der Waals surface area contributed by atoms with Gasteiger partial charge in [-0.15, -0.1) is 0 Å². The van der Waals surface area contributed by atoms with Gasteiger partial charge >= 0.3 is 0 Å². The van der Waals surface area contributed by atoms with E-state index in [0.29, 0.717) is 37.3 Å². The van der Waals surface area contributed by atoms with E-state index in [-0.39, 0.29) is 0 Å². The number of hydrogen-bond donors (Lipinski definition) is 0. The van der Waals surface area contributed by atoms with Crippen LogP contribution < -0.4 is 0 Å². The molecule has 0 aromatic rings. The molecular formula is C22H46O3. The summed E-state index contributed by atoms with van der Waals surface area (Å²) in [7, 11) is 0. The van der Waals surface area contributed by atoms with Crippen LogP contribution in [-0.4, -0.2) is 39.6 Å². The lowest BCUT2D eigenvalue weighted by Crippen LogP contribution is -2.15. The van der Waals surface area contributed by atoms with Gasteiger partial charge in [0.25, 0.3) is 0 Å². The quantitative estimate of drug-likeness (QED) is 0.358. The van der Waals surface area contributed by atoms with Gasteiger partial charge in [-0.05, 0) is 48.3 Å². The van der Waals surface area contributed by atoms with E-state index in [2.05, 4.69) is 55.4 Å². The topological polar surface area (TPSA) is 27.7 Å². The summed E-state index contributed by atoms with van der Waals surface area (Å²) in [6.07, 6.45) is 4.76. The summed E-state index contributed by atoms with van der Waals surface area (Å²) in [6.45, 7) is 22.8. The van der Waals surface area contributed by atoms with Crippen LogP contribution in [0.2, 0.25) is 0 Å². The minimum Gasteiger partial charge on any atom is -0.379 e. The molecule has 0 aliphatic heterocycles. The highest BCUT2D eigenvalue weighted by Crippen LogP contribution is 2.26. The third-order valence-corrected chi connectivity index (χ3v) is 4.18. The van der Waals surface area contributed by atoms with Crippen LogP contribution in [0.3, 0.4) is 0 Å². The lowest BCUT2D eigenvalue weighted by atomic mass is 9.84. The smallest absolute Gasteiger partial charge is 0.0701 e. The molecule has 0 fully saturated rings. The minimum atomic E-state index is 0.410. The van der Waals surface area contributed by atoms with Gasteiger partial charge < -0.3 is 14.2 Å². The van der Waals surface area contributed by atoms with E-state index in [1.165, 1.54) is 12.8 Å². The molecule has 0 aromatic heterocycles. The molecule has 0 spiro atoms. The third-order valence-electron chi connectivity index (χ3n) is 4.18. The molecule has 0 aliphatic carbocycles. The molecule has 2 atom stereocenters. The van der Waals surface area contributed by atoms with Crippen molar-refractivity contribution in [1.29, 1.82) is 0 Å². The van der Waals surface area contributed by atoms with Gasteiger partial charge in [0.2, 0.25) is 0 Å². The fourth-order valence-electron chi connectivity index (χ4n) is 3.41. The zero-order valence-corrected chi connectivity index (χ0v) is 18.5. The second kappa shape index (κ2) is 13.1. The van der Waals surface area contributed by atoms with E-state index in [4.69, 9.17) is 14.2 Å². The van der Waals surface area contributed by atoms with Crippen molar-refractivity contribution in [2.75, 3.05) is 39.6 Å². The Morgan fingerprint density at radius 1 is 0.520 bits per heavy atom. The number of hydrogen-bond acceptors (Lipinski definition) is 3. The van der Waals surface area contributed by atoms with Gasteiger partial charge in [0.1, 0.15) is 0 Å². The molecule has 0 bridgehead atoms. The maximum Gasteiger partial charge on any atom is 0.0701 e. The molecule has 0 radical (unpaired) electrons. The van der Waals surface area contributed by atoms with Crippen LogP contribution in [0.1, 0.15) is 81.1 Å². The zero-order valence-electron chi connectivity index (χ0n) is 18.5. The molecule has 25 heavy (non-hydrogen) atoms. The van der Waals surface area contributed by atoms with Gasteiger partial charge in [-0.3, -0.25) is 0 Å². The van der Waals surface area contributed by atoms with Crippen LogP contribution in [0.5, 0.6) is 0 Å². The highest BCUT2D eigenvalue weighted by molar-refractivity contribution is 4.66. The van der Waals surface area contributed by atoms with E-state index in [9.17, 15) is 0 Å². The van der Waals surface area contributed by atoms with Crippen LogP contribution in [0, 0.1) is 22.7 Å². The maximum atomic E-state index is 5.66. The number of rotatable bonds is 14. The van der Waals surface area contributed by atoms with Gasteiger partial charge in [-0.2, -0.15) is 0 Å². The van der Waals surface area contributed by atoms with Gasteiger partial charge in [-0.25, -0.2) is 0 Å². The normalized spacial score (nSPS) is 15.4. The van der Waals surface area contributed by atoms with Crippen molar-refractivity contribution in [2.24, 2.45) is 22.7 Å². The van der Waals surface area contributed by atoms with Crippen molar-refractivity contribution in [3.8, 4) is 0 Å². The first-order valence-corrected chi connectivity index (χ1v) is 10.2. The summed E-state index contributed by atoms with van der Waals surface area (Å²) in [5.74, 6) is 1.44. The van der Waals surface area contributed by atoms with Crippen molar-refractivity contribution in [2.45, 2.75) is 81.1 Å². The van der Waals surface area contributed by atoms with E-state index < -0.39 is 0 Å². The molecule has 2 unspecified atom stereocenters. The van der Waals surface area contributed by atoms with E-state index >= 15 is 0 Å². The lowest BCUT2D eigenvalue weighted by Gasteiger charge is -2.23. The summed E-state index contributed by atoms with van der Waals surface area (Å²) in [5, 5.41) is 0. The molecule has 0 N–H and O–H groups in total. The average Bonchev–Trinajstić information content (AvgIpc) is 2.40. The highest BCUT2D eigenvalue weighted by Gasteiger charge is 2.15. The molecule has 152 valence electrons. The summed E-state index contributed by atoms with van der Waals surface area (Å²) in [5.41, 5.74) is 0.820. The Morgan fingerprint density at radius 2 is 0.800 bits per heavy atom. The molecular weight excluding hydrogens is 312 g/mol. The first-order valence-electron chi connectivity index (χ1n) is 10.2. The Hall–Kier alpha value is -0.120. The molecule has 0 amide bonds. The maximum absolute atomic E-state index is 5.66. The first kappa shape index (κ1) is 24.9. The van der Waals surface area contributed by atoms with Crippen molar-refractivity contribution in [3.05, 3.63) is 0 Å². The van der Waals surface area contributed by atoms with Crippen LogP contribution >= 0.6 is 0 Å². The summed E-state index contributed by atoms with van der Waals surface area (Å²) >= 11 is 0. The zero-order chi connectivity index (χ0) is 19.3. The Labute approximate surface area is 158 Å². The Bertz CT molecular complexity index is 271. The predicted molar refractivity (Wildman–Crippen MR) is 108 cm³/mol. The second-order valence-corrected chi connectivity index (χ2v) is 10.2. The SMILES string of the molecule is CC(CCOCCOCCOCCC(C)CC(C)(C)C)CC(C)(C)C. The van der Waals surface area contributed by atoms with Crippen LogP contribution in [0.25, 0.3) is 0 Å². The standard InChI is InChI=1S/C22H46O3/c1-19(17-21(3,4)5)9-11-23-13-15-25-16-14-24-12-10-20(2)18-22(6,7)8/h19-20H,9-18H2,1-8H3. The van der Waals surface area contributed by atoms with Crippen LogP contribution in [0.15, 0.2) is 0 Å². The van der Waals surface area contributed by atoms with Crippen molar-refractivity contribution in [3.63, 3.8) is 0 Å². The highest BCUT2D eigenvalue weighted by atomic mass is 16.5. The predicted octanol–water partition coefficient (Wildman–Crippen LogP) is 5.96. The van der Waals surface area contributed by atoms with E-state index in [1.807, 2.05) is 0 Å². The Balaban J connectivity index is 3.32.